The standard InChI is InChI=1S/C19H18FNO6/c1-9(2)25-19(24)15-14(11-5-3-4-6-12(11)20)17-16(27-18(15)21)13(23)7-10(8-22)26-17/h3-7,9,14,22H,8,21H2,1-2H3/t14-/m1/s1. The number of aliphatic hydroxyl groups excluding tert-OH is 1. The van der Waals surface area contributed by atoms with E-state index in [4.69, 9.17) is 19.6 Å². The first-order chi connectivity index (χ1) is 12.8. The highest BCUT2D eigenvalue weighted by Gasteiger charge is 2.40. The zero-order valence-corrected chi connectivity index (χ0v) is 14.7. The van der Waals surface area contributed by atoms with Crippen LogP contribution in [-0.2, 0) is 16.1 Å². The fourth-order valence-corrected chi connectivity index (χ4v) is 2.86. The molecule has 7 nitrogen and oxygen atoms in total. The molecule has 0 aliphatic carbocycles. The van der Waals surface area contributed by atoms with E-state index < -0.39 is 35.8 Å². The highest BCUT2D eigenvalue weighted by molar-refractivity contribution is 5.92. The number of rotatable bonds is 4. The number of benzene rings is 1. The van der Waals surface area contributed by atoms with Crippen LogP contribution in [0.2, 0.25) is 0 Å². The number of hydrogen-bond acceptors (Lipinski definition) is 7. The van der Waals surface area contributed by atoms with Gasteiger partial charge in [-0.1, -0.05) is 18.2 Å². The van der Waals surface area contributed by atoms with Crippen molar-refractivity contribution < 1.29 is 28.2 Å². The zero-order chi connectivity index (χ0) is 19.7. The molecule has 0 radical (unpaired) electrons. The second-order valence-electron chi connectivity index (χ2n) is 6.22. The van der Waals surface area contributed by atoms with Crippen molar-refractivity contribution >= 4 is 5.97 Å². The van der Waals surface area contributed by atoms with Gasteiger partial charge in [0.05, 0.1) is 12.0 Å². The van der Waals surface area contributed by atoms with E-state index in [1.807, 2.05) is 0 Å². The van der Waals surface area contributed by atoms with Crippen LogP contribution in [0.5, 0.6) is 5.75 Å². The van der Waals surface area contributed by atoms with Gasteiger partial charge in [-0.25, -0.2) is 9.18 Å². The third-order valence-corrected chi connectivity index (χ3v) is 3.94. The van der Waals surface area contributed by atoms with Crippen LogP contribution < -0.4 is 15.9 Å². The molecule has 1 aliphatic heterocycles. The fourth-order valence-electron chi connectivity index (χ4n) is 2.86. The van der Waals surface area contributed by atoms with Crippen LogP contribution in [0.3, 0.4) is 0 Å². The van der Waals surface area contributed by atoms with Gasteiger partial charge in [-0.15, -0.1) is 0 Å². The van der Waals surface area contributed by atoms with Crippen molar-refractivity contribution in [1.82, 2.24) is 0 Å². The van der Waals surface area contributed by atoms with Gasteiger partial charge >= 0.3 is 5.97 Å². The second-order valence-corrected chi connectivity index (χ2v) is 6.22. The molecular weight excluding hydrogens is 357 g/mol. The minimum atomic E-state index is -1.17. The van der Waals surface area contributed by atoms with Gasteiger partial charge in [0, 0.05) is 11.6 Å². The molecule has 2 heterocycles. The number of hydrogen-bond donors (Lipinski definition) is 2. The maximum atomic E-state index is 14.6. The summed E-state index contributed by atoms with van der Waals surface area (Å²) in [5, 5.41) is 9.35. The van der Waals surface area contributed by atoms with E-state index in [2.05, 4.69) is 0 Å². The molecule has 0 spiro atoms. The normalized spacial score (nSPS) is 16.1. The van der Waals surface area contributed by atoms with Crippen LogP contribution in [0.4, 0.5) is 4.39 Å². The van der Waals surface area contributed by atoms with Gasteiger partial charge in [0.15, 0.2) is 5.76 Å². The molecule has 1 aromatic carbocycles. The van der Waals surface area contributed by atoms with Gasteiger partial charge < -0.3 is 24.7 Å². The van der Waals surface area contributed by atoms with Crippen molar-refractivity contribution in [1.29, 1.82) is 0 Å². The minimum absolute atomic E-state index is 0.0546. The van der Waals surface area contributed by atoms with E-state index in [-0.39, 0.29) is 34.3 Å². The summed E-state index contributed by atoms with van der Waals surface area (Å²) in [7, 11) is 0. The summed E-state index contributed by atoms with van der Waals surface area (Å²) in [6, 6.07) is 6.75. The molecule has 142 valence electrons. The van der Waals surface area contributed by atoms with Gasteiger partial charge in [-0.3, -0.25) is 4.79 Å². The molecule has 2 aromatic rings. The SMILES string of the molecule is CC(C)OC(=O)C1=C(N)Oc2c(oc(CO)cc2=O)[C@@H]1c1ccccc1F. The van der Waals surface area contributed by atoms with Crippen LogP contribution in [0.15, 0.2) is 51.0 Å². The van der Waals surface area contributed by atoms with Crippen LogP contribution in [-0.4, -0.2) is 17.2 Å². The molecule has 1 aromatic heterocycles. The largest absolute Gasteiger partial charge is 0.459 e. The summed E-state index contributed by atoms with van der Waals surface area (Å²) in [5.74, 6) is -3.43. The third-order valence-electron chi connectivity index (χ3n) is 3.94. The van der Waals surface area contributed by atoms with Gasteiger partial charge in [0.1, 0.15) is 23.8 Å². The third kappa shape index (κ3) is 3.43. The van der Waals surface area contributed by atoms with Crippen molar-refractivity contribution in [3.63, 3.8) is 0 Å². The van der Waals surface area contributed by atoms with Crippen LogP contribution in [0.1, 0.15) is 36.8 Å². The highest BCUT2D eigenvalue weighted by Crippen LogP contribution is 2.42. The number of ether oxygens (including phenoxy) is 2. The first-order valence-electron chi connectivity index (χ1n) is 8.24. The predicted molar refractivity (Wildman–Crippen MR) is 92.2 cm³/mol. The van der Waals surface area contributed by atoms with Gasteiger partial charge in [0.25, 0.3) is 0 Å². The van der Waals surface area contributed by atoms with E-state index in [0.717, 1.165) is 6.07 Å². The van der Waals surface area contributed by atoms with Crippen LogP contribution >= 0.6 is 0 Å². The Morgan fingerprint density at radius 1 is 1.37 bits per heavy atom. The van der Waals surface area contributed by atoms with Gasteiger partial charge in [0.2, 0.25) is 17.1 Å². The summed E-state index contributed by atoms with van der Waals surface area (Å²) >= 11 is 0. The number of halogens is 1. The fraction of sp³-hybridized carbons (Fsp3) is 0.263. The molecule has 0 unspecified atom stereocenters. The van der Waals surface area contributed by atoms with Crippen LogP contribution in [0, 0.1) is 5.82 Å². The molecule has 0 fully saturated rings. The molecular formula is C19H18FNO6. The van der Waals surface area contributed by atoms with E-state index in [1.54, 1.807) is 19.9 Å². The van der Waals surface area contributed by atoms with Crippen LogP contribution in [0.25, 0.3) is 0 Å². The Morgan fingerprint density at radius 3 is 2.70 bits per heavy atom. The van der Waals surface area contributed by atoms with E-state index in [0.29, 0.717) is 0 Å². The smallest absolute Gasteiger partial charge is 0.340 e. The summed E-state index contributed by atoms with van der Waals surface area (Å²) in [4.78, 5) is 25.0. The lowest BCUT2D eigenvalue weighted by Gasteiger charge is -2.27. The molecule has 0 amide bonds. The average Bonchev–Trinajstić information content (AvgIpc) is 2.61. The molecule has 8 heteroatoms. The average molecular weight is 375 g/mol. The quantitative estimate of drug-likeness (QED) is 0.785. The Bertz CT molecular complexity index is 978. The molecule has 3 N–H and O–H groups in total. The Balaban J connectivity index is 2.28. The molecule has 0 bridgehead atoms. The summed E-state index contributed by atoms with van der Waals surface area (Å²) in [5.41, 5.74) is 5.16. The summed E-state index contributed by atoms with van der Waals surface area (Å²) in [6.45, 7) is 2.74. The molecule has 27 heavy (non-hydrogen) atoms. The molecule has 0 saturated carbocycles. The van der Waals surface area contributed by atoms with Crippen molar-refractivity contribution in [2.75, 3.05) is 0 Å². The minimum Gasteiger partial charge on any atom is -0.459 e. The Morgan fingerprint density at radius 2 is 2.07 bits per heavy atom. The molecule has 1 atom stereocenters. The van der Waals surface area contributed by atoms with E-state index >= 15 is 0 Å². The summed E-state index contributed by atoms with van der Waals surface area (Å²) < 4.78 is 30.6. The zero-order valence-electron chi connectivity index (χ0n) is 14.7. The Labute approximate surface area is 153 Å². The molecule has 1 aliphatic rings. The second kappa shape index (κ2) is 7.24. The van der Waals surface area contributed by atoms with Crippen molar-refractivity contribution in [2.45, 2.75) is 32.5 Å². The van der Waals surface area contributed by atoms with Crippen molar-refractivity contribution in [2.24, 2.45) is 5.73 Å². The van der Waals surface area contributed by atoms with Crippen molar-refractivity contribution in [3.05, 3.63) is 74.9 Å². The number of aliphatic hydroxyl groups is 1. The van der Waals surface area contributed by atoms with Gasteiger partial charge in [-0.2, -0.15) is 0 Å². The molecule has 0 saturated heterocycles. The number of fused-ring (bicyclic) bond motifs is 1. The van der Waals surface area contributed by atoms with E-state index in [1.165, 1.54) is 18.2 Å². The lowest BCUT2D eigenvalue weighted by atomic mass is 9.86. The first-order valence-corrected chi connectivity index (χ1v) is 8.24. The lowest BCUT2D eigenvalue weighted by Crippen LogP contribution is -2.31. The number of esters is 1. The first kappa shape index (κ1) is 18.7. The number of nitrogens with two attached hydrogens (primary N) is 1. The lowest BCUT2D eigenvalue weighted by molar-refractivity contribution is -0.143. The maximum Gasteiger partial charge on any atom is 0.340 e. The van der Waals surface area contributed by atoms with Crippen molar-refractivity contribution in [3.8, 4) is 5.75 Å². The number of carbonyl (C=O) groups is 1. The maximum absolute atomic E-state index is 14.6. The monoisotopic (exact) mass is 375 g/mol. The Kier molecular flexibility index (Phi) is 5.00. The van der Waals surface area contributed by atoms with Gasteiger partial charge in [-0.05, 0) is 19.9 Å². The predicted octanol–water partition coefficient (Wildman–Crippen LogP) is 1.92. The van der Waals surface area contributed by atoms with E-state index in [9.17, 15) is 19.1 Å². The summed E-state index contributed by atoms with van der Waals surface area (Å²) in [6.07, 6.45) is -0.462. The topological polar surface area (TPSA) is 112 Å². The number of carbonyl (C=O) groups excluding carboxylic acids is 1. The molecule has 3 rings (SSSR count). The highest BCUT2D eigenvalue weighted by atomic mass is 19.1. The Hall–Kier alpha value is -3.13.